The normalized spacial score (nSPS) is 10.5. The third-order valence-corrected chi connectivity index (χ3v) is 1.43. The van der Waals surface area contributed by atoms with Crippen molar-refractivity contribution in [1.82, 2.24) is 0 Å². The van der Waals surface area contributed by atoms with E-state index < -0.39 is 0 Å². The van der Waals surface area contributed by atoms with Crippen LogP contribution in [0, 0.1) is 5.92 Å². The molecular weight excluding hydrogens is 132 g/mol. The van der Waals surface area contributed by atoms with Gasteiger partial charge in [0.05, 0.1) is 0 Å². The number of rotatable bonds is 2. The summed E-state index contributed by atoms with van der Waals surface area (Å²) >= 11 is 0. The minimum atomic E-state index is 0.618. The van der Waals surface area contributed by atoms with Crippen molar-refractivity contribution in [2.24, 2.45) is 5.92 Å². The van der Waals surface area contributed by atoms with Crippen molar-refractivity contribution >= 4 is 0 Å². The van der Waals surface area contributed by atoms with Gasteiger partial charge >= 0.3 is 0 Å². The second kappa shape index (κ2) is 7.33. The van der Waals surface area contributed by atoms with Gasteiger partial charge in [0.1, 0.15) is 0 Å². The van der Waals surface area contributed by atoms with E-state index >= 15 is 0 Å². The van der Waals surface area contributed by atoms with Crippen LogP contribution >= 0.6 is 0 Å². The molecule has 0 heterocycles. The van der Waals surface area contributed by atoms with Crippen LogP contribution in [0.2, 0.25) is 0 Å². The number of allylic oxidation sites excluding steroid dienone is 3. The van der Waals surface area contributed by atoms with E-state index in [2.05, 4.69) is 53.5 Å². The van der Waals surface area contributed by atoms with Crippen LogP contribution in [0.5, 0.6) is 0 Å². The maximum Gasteiger partial charge on any atom is -0.0220 e. The predicted molar refractivity (Wildman–Crippen MR) is 54.7 cm³/mol. The van der Waals surface area contributed by atoms with Crippen LogP contribution in [0.1, 0.15) is 27.7 Å². The van der Waals surface area contributed by atoms with Crippen LogP contribution < -0.4 is 0 Å². The van der Waals surface area contributed by atoms with Gasteiger partial charge in [0.15, 0.2) is 0 Å². The molecule has 0 aliphatic carbocycles. The molecule has 0 aromatic carbocycles. The molecule has 64 valence electrons. The predicted octanol–water partition coefficient (Wildman–Crippen LogP) is 3.97. The maximum absolute atomic E-state index is 3.88. The quantitative estimate of drug-likeness (QED) is 0.415. The van der Waals surface area contributed by atoms with Gasteiger partial charge in [-0.3, -0.25) is 0 Å². The second-order valence-electron chi connectivity index (χ2n) is 2.68. The first-order valence-electron chi connectivity index (χ1n) is 3.91. The summed E-state index contributed by atoms with van der Waals surface area (Å²) in [6.07, 6.45) is 2.13. The van der Waals surface area contributed by atoms with E-state index in [0.29, 0.717) is 5.92 Å². The standard InChI is InChI=1S/C9H16.C2H4/c1-6-9(7(2)3)8(4)5;1-2/h6,8H,2H2,1,3-5H3;1-2H2/b9-6+;. The summed E-state index contributed by atoms with van der Waals surface area (Å²) in [6.45, 7) is 18.4. The van der Waals surface area contributed by atoms with E-state index in [9.17, 15) is 0 Å². The Morgan fingerprint density at radius 2 is 1.64 bits per heavy atom. The molecule has 0 heteroatoms. The molecule has 0 saturated carbocycles. The topological polar surface area (TPSA) is 0 Å². The maximum atomic E-state index is 3.88. The van der Waals surface area contributed by atoms with Gasteiger partial charge in [-0.1, -0.05) is 32.1 Å². The molecular formula is C11H20. The highest BCUT2D eigenvalue weighted by Crippen LogP contribution is 2.16. The van der Waals surface area contributed by atoms with Crippen molar-refractivity contribution in [3.8, 4) is 0 Å². The van der Waals surface area contributed by atoms with E-state index in [-0.39, 0.29) is 0 Å². The lowest BCUT2D eigenvalue weighted by molar-refractivity contribution is 0.776. The summed E-state index contributed by atoms with van der Waals surface area (Å²) in [5, 5.41) is 0. The fourth-order valence-electron chi connectivity index (χ4n) is 1.07. The van der Waals surface area contributed by atoms with E-state index in [1.54, 1.807) is 0 Å². The van der Waals surface area contributed by atoms with Crippen molar-refractivity contribution < 1.29 is 0 Å². The largest absolute Gasteiger partial charge is 0.106 e. The summed E-state index contributed by atoms with van der Waals surface area (Å²) in [7, 11) is 0. The molecule has 0 N–H and O–H groups in total. The molecule has 0 spiro atoms. The molecule has 0 rings (SSSR count). The van der Waals surface area contributed by atoms with Crippen molar-refractivity contribution in [2.45, 2.75) is 27.7 Å². The third-order valence-electron chi connectivity index (χ3n) is 1.43. The highest BCUT2D eigenvalue weighted by molar-refractivity contribution is 5.26. The third kappa shape index (κ3) is 5.65. The molecule has 0 unspecified atom stereocenters. The molecule has 0 aromatic rings. The molecule has 0 fully saturated rings. The van der Waals surface area contributed by atoms with E-state index in [1.807, 2.05) is 0 Å². The zero-order valence-electron chi connectivity index (χ0n) is 8.28. The van der Waals surface area contributed by atoms with Crippen molar-refractivity contribution in [2.75, 3.05) is 0 Å². The molecule has 0 atom stereocenters. The smallest absolute Gasteiger partial charge is 0.0220 e. The molecule has 0 amide bonds. The minimum absolute atomic E-state index is 0.618. The minimum Gasteiger partial charge on any atom is -0.106 e. The van der Waals surface area contributed by atoms with Gasteiger partial charge in [0.2, 0.25) is 0 Å². The van der Waals surface area contributed by atoms with Gasteiger partial charge in [-0.15, -0.1) is 13.2 Å². The van der Waals surface area contributed by atoms with Gasteiger partial charge in [-0.05, 0) is 25.3 Å². The average molecular weight is 152 g/mol. The Bertz CT molecular complexity index is 138. The first kappa shape index (κ1) is 12.9. The molecule has 0 nitrogen and oxygen atoms in total. The van der Waals surface area contributed by atoms with Gasteiger partial charge < -0.3 is 0 Å². The molecule has 0 bridgehead atoms. The first-order valence-corrected chi connectivity index (χ1v) is 3.91. The second-order valence-corrected chi connectivity index (χ2v) is 2.68. The zero-order chi connectivity index (χ0) is 9.44. The Balaban J connectivity index is 0. The Kier molecular flexibility index (Phi) is 8.57. The Morgan fingerprint density at radius 3 is 1.64 bits per heavy atom. The number of hydrogen-bond donors (Lipinski definition) is 0. The molecule has 0 aliphatic rings. The van der Waals surface area contributed by atoms with Crippen LogP contribution in [0.4, 0.5) is 0 Å². The van der Waals surface area contributed by atoms with Gasteiger partial charge in [0.25, 0.3) is 0 Å². The Morgan fingerprint density at radius 1 is 1.27 bits per heavy atom. The van der Waals surface area contributed by atoms with Crippen LogP contribution in [0.25, 0.3) is 0 Å². The summed E-state index contributed by atoms with van der Waals surface area (Å²) in [5.41, 5.74) is 2.56. The average Bonchev–Trinajstić information content (AvgIpc) is 1.91. The van der Waals surface area contributed by atoms with Gasteiger partial charge in [-0.2, -0.15) is 0 Å². The summed E-state index contributed by atoms with van der Waals surface area (Å²) in [6, 6.07) is 0. The van der Waals surface area contributed by atoms with Gasteiger partial charge in [0, 0.05) is 0 Å². The van der Waals surface area contributed by atoms with Crippen molar-refractivity contribution in [3.05, 3.63) is 37.0 Å². The van der Waals surface area contributed by atoms with E-state index in [4.69, 9.17) is 0 Å². The van der Waals surface area contributed by atoms with Gasteiger partial charge in [-0.25, -0.2) is 0 Å². The van der Waals surface area contributed by atoms with Crippen LogP contribution in [-0.2, 0) is 0 Å². The lowest BCUT2D eigenvalue weighted by Gasteiger charge is -2.08. The highest BCUT2D eigenvalue weighted by atomic mass is 14.1. The summed E-state index contributed by atoms with van der Waals surface area (Å²) < 4.78 is 0. The number of hydrogen-bond acceptors (Lipinski definition) is 0. The van der Waals surface area contributed by atoms with E-state index in [1.165, 1.54) is 11.1 Å². The van der Waals surface area contributed by atoms with Crippen molar-refractivity contribution in [3.63, 3.8) is 0 Å². The fraction of sp³-hybridized carbons (Fsp3) is 0.455. The summed E-state index contributed by atoms with van der Waals surface area (Å²) in [5.74, 6) is 0.618. The summed E-state index contributed by atoms with van der Waals surface area (Å²) in [4.78, 5) is 0. The van der Waals surface area contributed by atoms with E-state index in [0.717, 1.165) is 0 Å². The Labute approximate surface area is 71.3 Å². The molecule has 0 aliphatic heterocycles. The molecule has 11 heavy (non-hydrogen) atoms. The zero-order valence-corrected chi connectivity index (χ0v) is 8.28. The molecule has 0 radical (unpaired) electrons. The van der Waals surface area contributed by atoms with Crippen LogP contribution in [-0.4, -0.2) is 0 Å². The SMILES string of the molecule is C=C.C=C(C)/C(=C\C)C(C)C. The molecule has 0 saturated heterocycles. The fourth-order valence-corrected chi connectivity index (χ4v) is 1.07. The van der Waals surface area contributed by atoms with Crippen LogP contribution in [0.15, 0.2) is 37.0 Å². The lowest BCUT2D eigenvalue weighted by atomic mass is 9.97. The van der Waals surface area contributed by atoms with Crippen molar-refractivity contribution in [1.29, 1.82) is 0 Å². The first-order chi connectivity index (χ1) is 5.09. The Hall–Kier alpha value is -0.780. The lowest BCUT2D eigenvalue weighted by Crippen LogP contribution is -1.93. The highest BCUT2D eigenvalue weighted by Gasteiger charge is 2.00. The monoisotopic (exact) mass is 152 g/mol. The van der Waals surface area contributed by atoms with Crippen LogP contribution in [0.3, 0.4) is 0 Å². The molecule has 0 aromatic heterocycles.